The normalized spacial score (nSPS) is 10.5. The molecule has 0 bridgehead atoms. The van der Waals surface area contributed by atoms with Gasteiger partial charge in [0.2, 0.25) is 5.88 Å². The van der Waals surface area contributed by atoms with E-state index in [4.69, 9.17) is 11.6 Å². The van der Waals surface area contributed by atoms with E-state index in [1.807, 2.05) is 0 Å². The second-order valence-electron chi connectivity index (χ2n) is 2.99. The number of rotatable bonds is 1. The Labute approximate surface area is 94.2 Å². The van der Waals surface area contributed by atoms with Crippen molar-refractivity contribution in [3.8, 4) is 16.6 Å². The molecule has 0 atom stereocenters. The lowest BCUT2D eigenvalue weighted by Gasteiger charge is -1.99. The quantitative estimate of drug-likeness (QED) is 0.805. The van der Waals surface area contributed by atoms with Gasteiger partial charge in [-0.1, -0.05) is 11.6 Å². The van der Waals surface area contributed by atoms with E-state index in [2.05, 4.69) is 9.97 Å². The molecule has 2 heterocycles. The molecule has 0 aliphatic heterocycles. The maximum atomic E-state index is 11.4. The third-order valence-corrected chi connectivity index (χ3v) is 3.21. The van der Waals surface area contributed by atoms with Gasteiger partial charge in [-0.2, -0.15) is 4.98 Å². The maximum absolute atomic E-state index is 11.4. The third-order valence-electron chi connectivity index (χ3n) is 1.93. The van der Waals surface area contributed by atoms with Crippen molar-refractivity contribution in [1.29, 1.82) is 0 Å². The van der Waals surface area contributed by atoms with Crippen LogP contribution < -0.4 is 5.56 Å². The zero-order valence-corrected chi connectivity index (χ0v) is 9.32. The smallest absolute Gasteiger partial charge is 0.257 e. The molecule has 0 fully saturated rings. The number of nitrogens with one attached hydrogen (secondary N) is 1. The molecule has 0 aromatic carbocycles. The number of thiophene rings is 1. The Morgan fingerprint density at radius 3 is 2.87 bits per heavy atom. The van der Waals surface area contributed by atoms with Gasteiger partial charge in [0.25, 0.3) is 5.56 Å². The van der Waals surface area contributed by atoms with Crippen LogP contribution in [0.1, 0.15) is 5.56 Å². The standard InChI is InChI=1S/C9H7ClN2O2S/c1-4-8(13)11-7(12-9(4)14)6-2-5(10)3-15-6/h2-3H,1H3,(H2,11,12,13,14). The van der Waals surface area contributed by atoms with Crippen molar-refractivity contribution in [2.45, 2.75) is 6.92 Å². The molecule has 0 spiro atoms. The summed E-state index contributed by atoms with van der Waals surface area (Å²) in [6, 6.07) is 1.68. The first-order valence-corrected chi connectivity index (χ1v) is 5.38. The molecule has 2 rings (SSSR count). The highest BCUT2D eigenvalue weighted by atomic mass is 35.5. The van der Waals surface area contributed by atoms with E-state index < -0.39 is 0 Å². The molecule has 78 valence electrons. The van der Waals surface area contributed by atoms with Gasteiger partial charge >= 0.3 is 0 Å². The summed E-state index contributed by atoms with van der Waals surface area (Å²) in [7, 11) is 0. The summed E-state index contributed by atoms with van der Waals surface area (Å²) in [5, 5.41) is 11.7. The fourth-order valence-electron chi connectivity index (χ4n) is 1.07. The van der Waals surface area contributed by atoms with Crippen molar-refractivity contribution >= 4 is 22.9 Å². The lowest BCUT2D eigenvalue weighted by Crippen LogP contribution is -2.11. The molecule has 0 unspecified atom stereocenters. The lowest BCUT2D eigenvalue weighted by molar-refractivity contribution is 0.447. The SMILES string of the molecule is Cc1c(O)nc(-c2cc(Cl)cs2)[nH]c1=O. The Morgan fingerprint density at radius 2 is 2.33 bits per heavy atom. The molecule has 0 saturated carbocycles. The van der Waals surface area contributed by atoms with Crippen molar-refractivity contribution in [2.24, 2.45) is 0 Å². The van der Waals surface area contributed by atoms with Gasteiger partial charge in [-0.25, -0.2) is 0 Å². The van der Waals surface area contributed by atoms with Gasteiger partial charge in [0, 0.05) is 5.38 Å². The fourth-order valence-corrected chi connectivity index (χ4v) is 2.09. The molecule has 0 saturated heterocycles. The summed E-state index contributed by atoms with van der Waals surface area (Å²) < 4.78 is 0. The van der Waals surface area contributed by atoms with Crippen molar-refractivity contribution in [2.75, 3.05) is 0 Å². The van der Waals surface area contributed by atoms with Gasteiger partial charge < -0.3 is 10.1 Å². The minimum atomic E-state index is -0.345. The summed E-state index contributed by atoms with van der Waals surface area (Å²) in [5.41, 5.74) is -0.136. The number of hydrogen-bond donors (Lipinski definition) is 2. The number of halogens is 1. The Kier molecular flexibility index (Phi) is 2.50. The topological polar surface area (TPSA) is 66.0 Å². The molecule has 0 radical (unpaired) electrons. The number of aromatic hydroxyl groups is 1. The second kappa shape index (κ2) is 3.67. The molecule has 2 aromatic heterocycles. The number of hydrogen-bond acceptors (Lipinski definition) is 4. The minimum absolute atomic E-state index is 0.210. The average Bonchev–Trinajstić information content (AvgIpc) is 2.60. The first-order valence-electron chi connectivity index (χ1n) is 4.12. The average molecular weight is 243 g/mol. The molecule has 0 aliphatic rings. The van der Waals surface area contributed by atoms with Gasteiger partial charge in [0.1, 0.15) is 0 Å². The molecule has 4 nitrogen and oxygen atoms in total. The summed E-state index contributed by atoms with van der Waals surface area (Å²) >= 11 is 7.10. The fraction of sp³-hybridized carbons (Fsp3) is 0.111. The van der Waals surface area contributed by atoms with Crippen LogP contribution in [0.4, 0.5) is 0 Å². The molecule has 2 N–H and O–H groups in total. The Balaban J connectivity index is 2.60. The summed E-state index contributed by atoms with van der Waals surface area (Å²) in [4.78, 5) is 18.5. The van der Waals surface area contributed by atoms with Crippen LogP contribution >= 0.6 is 22.9 Å². The van der Waals surface area contributed by atoms with E-state index in [-0.39, 0.29) is 17.0 Å². The minimum Gasteiger partial charge on any atom is -0.493 e. The zero-order chi connectivity index (χ0) is 11.0. The van der Waals surface area contributed by atoms with E-state index in [0.717, 1.165) is 0 Å². The third kappa shape index (κ3) is 1.88. The summed E-state index contributed by atoms with van der Waals surface area (Å²) in [6.45, 7) is 1.51. The molecular weight excluding hydrogens is 236 g/mol. The van der Waals surface area contributed by atoms with E-state index in [0.29, 0.717) is 15.7 Å². The van der Waals surface area contributed by atoms with E-state index >= 15 is 0 Å². The molecule has 0 amide bonds. The molecule has 15 heavy (non-hydrogen) atoms. The van der Waals surface area contributed by atoms with Crippen LogP contribution in [0.25, 0.3) is 10.7 Å². The summed E-state index contributed by atoms with van der Waals surface area (Å²) in [5.74, 6) is 0.0817. The maximum Gasteiger partial charge on any atom is 0.257 e. The Bertz CT molecular complexity index is 561. The highest BCUT2D eigenvalue weighted by Crippen LogP contribution is 2.27. The zero-order valence-electron chi connectivity index (χ0n) is 7.74. The van der Waals surface area contributed by atoms with Crippen LogP contribution in [-0.4, -0.2) is 15.1 Å². The van der Waals surface area contributed by atoms with Crippen molar-refractivity contribution in [3.05, 3.63) is 32.4 Å². The van der Waals surface area contributed by atoms with Crippen LogP contribution in [0.3, 0.4) is 0 Å². The van der Waals surface area contributed by atoms with Gasteiger partial charge in [-0.05, 0) is 13.0 Å². The predicted octanol–water partition coefficient (Wildman–Crippen LogP) is 2.17. The number of nitrogens with zero attached hydrogens (tertiary/aromatic N) is 1. The first-order chi connectivity index (χ1) is 7.08. The summed E-state index contributed by atoms with van der Waals surface area (Å²) in [6.07, 6.45) is 0. The first kappa shape index (κ1) is 10.2. The van der Waals surface area contributed by atoms with Gasteiger partial charge in [0.05, 0.1) is 15.5 Å². The van der Waals surface area contributed by atoms with Crippen LogP contribution in [-0.2, 0) is 0 Å². The predicted molar refractivity (Wildman–Crippen MR) is 59.6 cm³/mol. The molecular formula is C9H7ClN2O2S. The van der Waals surface area contributed by atoms with Crippen molar-refractivity contribution < 1.29 is 5.11 Å². The Hall–Kier alpha value is -1.33. The Morgan fingerprint density at radius 1 is 1.60 bits per heavy atom. The molecule has 6 heteroatoms. The number of aromatic nitrogens is 2. The van der Waals surface area contributed by atoms with Gasteiger partial charge in [-0.15, -0.1) is 11.3 Å². The van der Waals surface area contributed by atoms with E-state index in [1.165, 1.54) is 18.3 Å². The van der Waals surface area contributed by atoms with Crippen LogP contribution in [0.15, 0.2) is 16.2 Å². The van der Waals surface area contributed by atoms with Crippen LogP contribution in [0.2, 0.25) is 5.02 Å². The van der Waals surface area contributed by atoms with E-state index in [9.17, 15) is 9.90 Å². The second-order valence-corrected chi connectivity index (χ2v) is 4.34. The van der Waals surface area contributed by atoms with Crippen molar-refractivity contribution in [1.82, 2.24) is 9.97 Å². The number of H-pyrrole nitrogens is 1. The molecule has 2 aromatic rings. The van der Waals surface area contributed by atoms with Crippen molar-refractivity contribution in [3.63, 3.8) is 0 Å². The highest BCUT2D eigenvalue weighted by molar-refractivity contribution is 7.14. The monoisotopic (exact) mass is 242 g/mol. The molecule has 0 aliphatic carbocycles. The van der Waals surface area contributed by atoms with E-state index in [1.54, 1.807) is 11.4 Å². The van der Waals surface area contributed by atoms with Crippen LogP contribution in [0.5, 0.6) is 5.88 Å². The van der Waals surface area contributed by atoms with Crippen LogP contribution in [0, 0.1) is 6.92 Å². The largest absolute Gasteiger partial charge is 0.493 e. The van der Waals surface area contributed by atoms with Gasteiger partial charge in [0.15, 0.2) is 5.82 Å². The highest BCUT2D eigenvalue weighted by Gasteiger charge is 2.09. The lowest BCUT2D eigenvalue weighted by atomic mass is 10.3. The van der Waals surface area contributed by atoms with Gasteiger partial charge in [-0.3, -0.25) is 4.79 Å². The number of aromatic amines is 1.